The summed E-state index contributed by atoms with van der Waals surface area (Å²) in [6, 6.07) is 0. The summed E-state index contributed by atoms with van der Waals surface area (Å²) in [4.78, 5) is 23.9. The lowest BCUT2D eigenvalue weighted by molar-refractivity contribution is -0.140. The lowest BCUT2D eigenvalue weighted by atomic mass is 9.83. The fourth-order valence-corrected chi connectivity index (χ4v) is 6.25. The number of esters is 1. The monoisotopic (exact) mass is 354 g/mol. The first-order valence-electron chi connectivity index (χ1n) is 9.88. The third-order valence-electron chi connectivity index (χ3n) is 5.80. The second kappa shape index (κ2) is 10.5. The number of rotatable bonds is 12. The standard InChI is InChI=1S/C20H34O3S/c1-3-4-5-8-13-24-20-16-12-11-15(14-16)19(20)17(21)9-6-7-10-18(22)23-2/h15-16,19-20H,3-14H2,1-2H3/t15-,16+,19+,20-/m0/s1. The van der Waals surface area contributed by atoms with Crippen LogP contribution in [0.5, 0.6) is 0 Å². The molecule has 0 unspecified atom stereocenters. The van der Waals surface area contributed by atoms with Gasteiger partial charge in [-0.25, -0.2) is 0 Å². The predicted molar refractivity (Wildman–Crippen MR) is 100 cm³/mol. The molecule has 0 radical (unpaired) electrons. The Hall–Kier alpha value is -0.510. The maximum absolute atomic E-state index is 12.8. The Morgan fingerprint density at radius 2 is 1.75 bits per heavy atom. The van der Waals surface area contributed by atoms with Gasteiger partial charge < -0.3 is 4.74 Å². The number of hydrogen-bond acceptors (Lipinski definition) is 4. The van der Waals surface area contributed by atoms with E-state index in [2.05, 4.69) is 23.4 Å². The van der Waals surface area contributed by atoms with Crippen molar-refractivity contribution in [2.45, 2.75) is 82.8 Å². The molecule has 0 aliphatic heterocycles. The van der Waals surface area contributed by atoms with Crippen LogP contribution in [0.15, 0.2) is 0 Å². The molecule has 4 heteroatoms. The van der Waals surface area contributed by atoms with Gasteiger partial charge in [-0.3, -0.25) is 9.59 Å². The summed E-state index contributed by atoms with van der Waals surface area (Å²) in [5.74, 6) is 3.27. The summed E-state index contributed by atoms with van der Waals surface area (Å²) >= 11 is 2.09. The maximum Gasteiger partial charge on any atom is 0.305 e. The van der Waals surface area contributed by atoms with E-state index in [1.807, 2.05) is 0 Å². The number of hydrogen-bond donors (Lipinski definition) is 0. The van der Waals surface area contributed by atoms with Crippen molar-refractivity contribution < 1.29 is 14.3 Å². The van der Waals surface area contributed by atoms with E-state index < -0.39 is 0 Å². The normalized spacial score (nSPS) is 28.2. The van der Waals surface area contributed by atoms with Crippen molar-refractivity contribution in [3.8, 4) is 0 Å². The Bertz CT molecular complexity index is 410. The number of thioether (sulfide) groups is 1. The number of ether oxygens (including phenoxy) is 1. The van der Waals surface area contributed by atoms with Gasteiger partial charge in [-0.1, -0.05) is 26.2 Å². The molecule has 2 rings (SSSR count). The Balaban J connectivity index is 1.73. The molecule has 24 heavy (non-hydrogen) atoms. The van der Waals surface area contributed by atoms with Crippen LogP contribution < -0.4 is 0 Å². The van der Waals surface area contributed by atoms with Crippen molar-refractivity contribution in [2.24, 2.45) is 17.8 Å². The van der Waals surface area contributed by atoms with E-state index in [0.29, 0.717) is 35.7 Å². The minimum absolute atomic E-state index is 0.164. The Morgan fingerprint density at radius 1 is 1.00 bits per heavy atom. The van der Waals surface area contributed by atoms with Gasteiger partial charge in [-0.2, -0.15) is 11.8 Å². The minimum atomic E-state index is -0.164. The van der Waals surface area contributed by atoms with Gasteiger partial charge in [0, 0.05) is 24.0 Å². The summed E-state index contributed by atoms with van der Waals surface area (Å²) in [6.45, 7) is 2.25. The molecule has 2 aliphatic rings. The fraction of sp³-hybridized carbons (Fsp3) is 0.900. The molecule has 0 aromatic rings. The quantitative estimate of drug-likeness (QED) is 0.365. The van der Waals surface area contributed by atoms with Gasteiger partial charge in [0.05, 0.1) is 7.11 Å². The fourth-order valence-electron chi connectivity index (χ4n) is 4.51. The summed E-state index contributed by atoms with van der Waals surface area (Å²) in [6.07, 6.45) is 11.8. The van der Waals surface area contributed by atoms with Crippen LogP contribution in [-0.2, 0) is 14.3 Å². The average molecular weight is 355 g/mol. The van der Waals surface area contributed by atoms with Crippen molar-refractivity contribution in [2.75, 3.05) is 12.9 Å². The molecule has 2 fully saturated rings. The van der Waals surface area contributed by atoms with E-state index in [1.165, 1.54) is 57.8 Å². The Labute approximate surface area is 151 Å². The van der Waals surface area contributed by atoms with Crippen LogP contribution >= 0.6 is 11.8 Å². The van der Waals surface area contributed by atoms with E-state index in [1.54, 1.807) is 0 Å². The van der Waals surface area contributed by atoms with Crippen molar-refractivity contribution >= 4 is 23.5 Å². The highest BCUT2D eigenvalue weighted by molar-refractivity contribution is 7.99. The molecule has 0 aromatic carbocycles. The molecular weight excluding hydrogens is 320 g/mol. The molecule has 0 heterocycles. The third-order valence-corrected chi connectivity index (χ3v) is 7.39. The smallest absolute Gasteiger partial charge is 0.305 e. The molecule has 0 N–H and O–H groups in total. The molecule has 0 aromatic heterocycles. The maximum atomic E-state index is 12.8. The molecule has 2 bridgehead atoms. The number of carbonyl (C=O) groups is 2. The van der Waals surface area contributed by atoms with Gasteiger partial charge >= 0.3 is 5.97 Å². The lowest BCUT2D eigenvalue weighted by Crippen LogP contribution is -2.32. The molecule has 3 nitrogen and oxygen atoms in total. The SMILES string of the molecule is CCCCCCS[C@H]1[C@@H]2CC[C@@H](C2)[C@@H]1C(=O)CCCCC(=O)OC. The van der Waals surface area contributed by atoms with Crippen LogP contribution in [-0.4, -0.2) is 29.9 Å². The second-order valence-electron chi connectivity index (χ2n) is 7.50. The first-order chi connectivity index (χ1) is 11.7. The van der Waals surface area contributed by atoms with Crippen molar-refractivity contribution in [1.82, 2.24) is 0 Å². The molecule has 2 saturated carbocycles. The molecule has 138 valence electrons. The summed E-state index contributed by atoms with van der Waals surface area (Å²) in [5.41, 5.74) is 0. The second-order valence-corrected chi connectivity index (χ2v) is 8.79. The number of ketones is 1. The van der Waals surface area contributed by atoms with E-state index in [4.69, 9.17) is 0 Å². The number of carbonyl (C=O) groups excluding carboxylic acids is 2. The lowest BCUT2D eigenvalue weighted by Gasteiger charge is -2.29. The number of Topliss-reactive ketones (excluding diaryl/α,β-unsaturated/α-hetero) is 1. The zero-order chi connectivity index (χ0) is 17.4. The summed E-state index contributed by atoms with van der Waals surface area (Å²) in [5, 5.41) is 0.582. The van der Waals surface area contributed by atoms with Crippen molar-refractivity contribution in [3.63, 3.8) is 0 Å². The Kier molecular flexibility index (Phi) is 8.65. The molecular formula is C20H34O3S. The molecule has 0 saturated heterocycles. The molecule has 0 amide bonds. The molecule has 4 atom stereocenters. The van der Waals surface area contributed by atoms with Crippen LogP contribution in [0.4, 0.5) is 0 Å². The highest BCUT2D eigenvalue weighted by atomic mass is 32.2. The van der Waals surface area contributed by atoms with Crippen molar-refractivity contribution in [1.29, 1.82) is 0 Å². The van der Waals surface area contributed by atoms with Crippen LogP contribution in [0, 0.1) is 17.8 Å². The van der Waals surface area contributed by atoms with Crippen LogP contribution in [0.1, 0.15) is 77.6 Å². The summed E-state index contributed by atoms with van der Waals surface area (Å²) < 4.78 is 4.66. The van der Waals surface area contributed by atoms with Gasteiger partial charge in [-0.05, 0) is 56.1 Å². The highest BCUT2D eigenvalue weighted by Gasteiger charge is 2.50. The largest absolute Gasteiger partial charge is 0.469 e. The number of unbranched alkanes of at least 4 members (excludes halogenated alkanes) is 4. The van der Waals surface area contributed by atoms with E-state index in [-0.39, 0.29) is 5.97 Å². The first kappa shape index (κ1) is 19.8. The number of methoxy groups -OCH3 is 1. The minimum Gasteiger partial charge on any atom is -0.469 e. The zero-order valence-electron chi connectivity index (χ0n) is 15.4. The van der Waals surface area contributed by atoms with Gasteiger partial charge in [0.1, 0.15) is 5.78 Å². The van der Waals surface area contributed by atoms with E-state index in [0.717, 1.165) is 18.8 Å². The van der Waals surface area contributed by atoms with Gasteiger partial charge in [0.15, 0.2) is 0 Å². The van der Waals surface area contributed by atoms with E-state index >= 15 is 0 Å². The van der Waals surface area contributed by atoms with Crippen LogP contribution in [0.2, 0.25) is 0 Å². The van der Waals surface area contributed by atoms with Gasteiger partial charge in [0.25, 0.3) is 0 Å². The van der Waals surface area contributed by atoms with Crippen LogP contribution in [0.3, 0.4) is 0 Å². The third kappa shape index (κ3) is 5.50. The zero-order valence-corrected chi connectivity index (χ0v) is 16.2. The molecule has 2 aliphatic carbocycles. The number of fused-ring (bicyclic) bond motifs is 2. The predicted octanol–water partition coefficient (Wildman–Crippen LogP) is 5.02. The topological polar surface area (TPSA) is 43.4 Å². The van der Waals surface area contributed by atoms with E-state index in [9.17, 15) is 9.59 Å². The van der Waals surface area contributed by atoms with Crippen molar-refractivity contribution in [3.05, 3.63) is 0 Å². The highest BCUT2D eigenvalue weighted by Crippen LogP contribution is 2.54. The average Bonchev–Trinajstić information content (AvgIpc) is 3.19. The van der Waals surface area contributed by atoms with Crippen LogP contribution in [0.25, 0.3) is 0 Å². The van der Waals surface area contributed by atoms with Gasteiger partial charge in [-0.15, -0.1) is 0 Å². The summed E-state index contributed by atoms with van der Waals surface area (Å²) in [7, 11) is 1.42. The van der Waals surface area contributed by atoms with Gasteiger partial charge in [0.2, 0.25) is 0 Å². The first-order valence-corrected chi connectivity index (χ1v) is 10.9. The Morgan fingerprint density at radius 3 is 2.50 bits per heavy atom. The molecule has 0 spiro atoms.